The van der Waals surface area contributed by atoms with Crippen LogP contribution in [0.5, 0.6) is 5.75 Å². The third-order valence-electron chi connectivity index (χ3n) is 4.18. The summed E-state index contributed by atoms with van der Waals surface area (Å²) in [7, 11) is 0. The highest BCUT2D eigenvalue weighted by Gasteiger charge is 2.11. The molecule has 0 atom stereocenters. The molecule has 3 rings (SSSR count). The van der Waals surface area contributed by atoms with Crippen molar-refractivity contribution >= 4 is 29.8 Å². The maximum atomic E-state index is 12.3. The highest BCUT2D eigenvalue weighted by Crippen LogP contribution is 2.26. The van der Waals surface area contributed by atoms with Crippen molar-refractivity contribution < 1.29 is 9.53 Å². The zero-order chi connectivity index (χ0) is 16.9. The number of carbonyl (C=O) groups excluding carboxylic acids is 1. The first-order valence-corrected chi connectivity index (χ1v) is 8.30. The predicted octanol–water partition coefficient (Wildman–Crippen LogP) is 4.11. The Kier molecular flexibility index (Phi) is 6.67. The summed E-state index contributed by atoms with van der Waals surface area (Å²) in [6.07, 6.45) is 0.988. The molecule has 2 aromatic rings. The van der Waals surface area contributed by atoms with Crippen molar-refractivity contribution in [2.75, 3.05) is 23.8 Å². The van der Waals surface area contributed by atoms with Crippen molar-refractivity contribution in [2.24, 2.45) is 0 Å². The summed E-state index contributed by atoms with van der Waals surface area (Å²) in [6.45, 7) is 6.35. The quantitative estimate of drug-likeness (QED) is 0.768. The van der Waals surface area contributed by atoms with Crippen LogP contribution in [0.3, 0.4) is 0 Å². The van der Waals surface area contributed by atoms with E-state index < -0.39 is 0 Å². The van der Waals surface area contributed by atoms with E-state index in [1.54, 1.807) is 0 Å². The third-order valence-corrected chi connectivity index (χ3v) is 4.18. The van der Waals surface area contributed by atoms with Gasteiger partial charge in [-0.2, -0.15) is 0 Å². The summed E-state index contributed by atoms with van der Waals surface area (Å²) in [6, 6.07) is 11.5. The van der Waals surface area contributed by atoms with Crippen LogP contribution < -0.4 is 20.7 Å². The standard InChI is InChI=1S/C19H23N3O2.ClH/c1-3-24-18-6-4-5-17(13(18)2)22-19(23)21-16-8-7-15-12-20-10-9-14(15)11-16;/h4-8,11,20H,3,9-10,12H2,1-2H3,(H2,21,22,23);1H. The van der Waals surface area contributed by atoms with E-state index >= 15 is 0 Å². The summed E-state index contributed by atoms with van der Waals surface area (Å²) in [5, 5.41) is 9.15. The second-order valence-electron chi connectivity index (χ2n) is 5.85. The molecule has 0 spiro atoms. The zero-order valence-electron chi connectivity index (χ0n) is 14.5. The van der Waals surface area contributed by atoms with Crippen molar-refractivity contribution in [3.8, 4) is 5.75 Å². The molecule has 1 heterocycles. The van der Waals surface area contributed by atoms with Crippen LogP contribution in [0.1, 0.15) is 23.6 Å². The summed E-state index contributed by atoms with van der Waals surface area (Å²) in [5.41, 5.74) is 5.08. The van der Waals surface area contributed by atoms with Crippen LogP contribution >= 0.6 is 12.4 Å². The second kappa shape index (κ2) is 8.74. The molecule has 1 aliphatic rings. The number of hydrogen-bond donors (Lipinski definition) is 3. The SMILES string of the molecule is CCOc1cccc(NC(=O)Nc2ccc3c(c2)CCNC3)c1C.Cl. The molecule has 5 nitrogen and oxygen atoms in total. The number of nitrogens with one attached hydrogen (secondary N) is 3. The van der Waals surface area contributed by atoms with E-state index in [2.05, 4.69) is 28.1 Å². The highest BCUT2D eigenvalue weighted by atomic mass is 35.5. The maximum absolute atomic E-state index is 12.3. The molecule has 0 bridgehead atoms. The van der Waals surface area contributed by atoms with Crippen LogP contribution in [0.2, 0.25) is 0 Å². The van der Waals surface area contributed by atoms with E-state index in [9.17, 15) is 4.79 Å². The summed E-state index contributed by atoms with van der Waals surface area (Å²) >= 11 is 0. The summed E-state index contributed by atoms with van der Waals surface area (Å²) in [4.78, 5) is 12.3. The predicted molar refractivity (Wildman–Crippen MR) is 104 cm³/mol. The van der Waals surface area contributed by atoms with Gasteiger partial charge in [0.2, 0.25) is 0 Å². The Balaban J connectivity index is 0.00000225. The van der Waals surface area contributed by atoms with Gasteiger partial charge in [-0.25, -0.2) is 4.79 Å². The van der Waals surface area contributed by atoms with Crippen LogP contribution in [0.15, 0.2) is 36.4 Å². The number of anilines is 2. The van der Waals surface area contributed by atoms with E-state index in [-0.39, 0.29) is 18.4 Å². The van der Waals surface area contributed by atoms with Gasteiger partial charge in [0, 0.05) is 23.5 Å². The average molecular weight is 362 g/mol. The number of fused-ring (bicyclic) bond motifs is 1. The zero-order valence-corrected chi connectivity index (χ0v) is 15.3. The molecule has 0 aliphatic carbocycles. The number of ether oxygens (including phenoxy) is 1. The number of benzene rings is 2. The van der Waals surface area contributed by atoms with Gasteiger partial charge in [-0.3, -0.25) is 0 Å². The molecule has 0 saturated carbocycles. The normalized spacial score (nSPS) is 12.6. The molecule has 134 valence electrons. The van der Waals surface area contributed by atoms with Gasteiger partial charge in [0.1, 0.15) is 5.75 Å². The van der Waals surface area contributed by atoms with Crippen molar-refractivity contribution in [3.05, 3.63) is 53.1 Å². The van der Waals surface area contributed by atoms with Gasteiger partial charge in [-0.15, -0.1) is 12.4 Å². The smallest absolute Gasteiger partial charge is 0.323 e. The first-order valence-electron chi connectivity index (χ1n) is 8.30. The van der Waals surface area contributed by atoms with E-state index in [0.717, 1.165) is 42.2 Å². The van der Waals surface area contributed by atoms with E-state index in [1.165, 1.54) is 11.1 Å². The van der Waals surface area contributed by atoms with Crippen LogP contribution in [0, 0.1) is 6.92 Å². The minimum atomic E-state index is -0.249. The summed E-state index contributed by atoms with van der Waals surface area (Å²) in [5.74, 6) is 0.789. The first kappa shape index (κ1) is 19.1. The fourth-order valence-corrected chi connectivity index (χ4v) is 2.90. The Bertz CT molecular complexity index is 749. The Labute approximate surface area is 154 Å². The first-order chi connectivity index (χ1) is 11.7. The molecule has 2 amide bonds. The van der Waals surface area contributed by atoms with E-state index in [0.29, 0.717) is 6.61 Å². The fraction of sp³-hybridized carbons (Fsp3) is 0.316. The number of halogens is 1. The topological polar surface area (TPSA) is 62.4 Å². The van der Waals surface area contributed by atoms with Crippen LogP contribution in [-0.2, 0) is 13.0 Å². The lowest BCUT2D eigenvalue weighted by Crippen LogP contribution is -2.24. The minimum absolute atomic E-state index is 0. The van der Waals surface area contributed by atoms with Gasteiger partial charge >= 0.3 is 6.03 Å². The van der Waals surface area contributed by atoms with E-state index in [4.69, 9.17) is 4.74 Å². The molecule has 25 heavy (non-hydrogen) atoms. The molecule has 6 heteroatoms. The number of rotatable bonds is 4. The Morgan fingerprint density at radius 2 is 2.04 bits per heavy atom. The Morgan fingerprint density at radius 3 is 2.84 bits per heavy atom. The van der Waals surface area contributed by atoms with Crippen molar-refractivity contribution in [3.63, 3.8) is 0 Å². The Hall–Kier alpha value is -2.24. The second-order valence-corrected chi connectivity index (χ2v) is 5.85. The lowest BCUT2D eigenvalue weighted by molar-refractivity contribution is 0.262. The largest absolute Gasteiger partial charge is 0.494 e. The van der Waals surface area contributed by atoms with Gasteiger partial charge in [0.05, 0.1) is 6.61 Å². The van der Waals surface area contributed by atoms with Crippen molar-refractivity contribution in [2.45, 2.75) is 26.8 Å². The highest BCUT2D eigenvalue weighted by molar-refractivity contribution is 6.00. The van der Waals surface area contributed by atoms with Crippen LogP contribution in [0.25, 0.3) is 0 Å². The fourth-order valence-electron chi connectivity index (χ4n) is 2.90. The Morgan fingerprint density at radius 1 is 1.20 bits per heavy atom. The number of hydrogen-bond acceptors (Lipinski definition) is 3. The number of amides is 2. The van der Waals surface area contributed by atoms with Crippen LogP contribution in [0.4, 0.5) is 16.2 Å². The molecular formula is C19H24ClN3O2. The van der Waals surface area contributed by atoms with Gasteiger partial charge < -0.3 is 20.7 Å². The third kappa shape index (κ3) is 4.65. The number of urea groups is 1. The maximum Gasteiger partial charge on any atom is 0.323 e. The molecule has 1 aliphatic heterocycles. The van der Waals surface area contributed by atoms with Gasteiger partial charge in [-0.05, 0) is 62.2 Å². The van der Waals surface area contributed by atoms with Gasteiger partial charge in [0.25, 0.3) is 0 Å². The molecule has 0 saturated heterocycles. The van der Waals surface area contributed by atoms with Gasteiger partial charge in [0.15, 0.2) is 0 Å². The molecule has 2 aromatic carbocycles. The minimum Gasteiger partial charge on any atom is -0.494 e. The lowest BCUT2D eigenvalue weighted by atomic mass is 10.0. The van der Waals surface area contributed by atoms with Gasteiger partial charge in [-0.1, -0.05) is 12.1 Å². The van der Waals surface area contributed by atoms with E-state index in [1.807, 2.05) is 38.1 Å². The monoisotopic (exact) mass is 361 g/mol. The average Bonchev–Trinajstić information content (AvgIpc) is 2.58. The molecule has 3 N–H and O–H groups in total. The van der Waals surface area contributed by atoms with Crippen molar-refractivity contribution in [1.29, 1.82) is 0 Å². The molecule has 0 radical (unpaired) electrons. The van der Waals surface area contributed by atoms with Crippen molar-refractivity contribution in [1.82, 2.24) is 5.32 Å². The molecular weight excluding hydrogens is 338 g/mol. The number of carbonyl (C=O) groups is 1. The van der Waals surface area contributed by atoms with Crippen LogP contribution in [-0.4, -0.2) is 19.2 Å². The molecule has 0 aromatic heterocycles. The lowest BCUT2D eigenvalue weighted by Gasteiger charge is -2.18. The molecule has 0 fully saturated rings. The summed E-state index contributed by atoms with van der Waals surface area (Å²) < 4.78 is 5.56. The molecule has 0 unspecified atom stereocenters.